The minimum Gasteiger partial charge on any atom is -0.382 e. The first-order chi connectivity index (χ1) is 7.66. The largest absolute Gasteiger partial charge is 0.382 e. The second-order valence-corrected chi connectivity index (χ2v) is 4.80. The van der Waals surface area contributed by atoms with Gasteiger partial charge in [-0.05, 0) is 18.2 Å². The summed E-state index contributed by atoms with van der Waals surface area (Å²) in [5.41, 5.74) is 5.62. The summed E-state index contributed by atoms with van der Waals surface area (Å²) in [6.07, 6.45) is 3.41. The summed E-state index contributed by atoms with van der Waals surface area (Å²) in [6.45, 7) is 0. The average Bonchev–Trinajstić information content (AvgIpc) is 2.27. The molecule has 0 aliphatic carbocycles. The van der Waals surface area contributed by atoms with Gasteiger partial charge in [-0.1, -0.05) is 35.0 Å². The van der Waals surface area contributed by atoms with Crippen LogP contribution in [0.25, 0.3) is 0 Å². The van der Waals surface area contributed by atoms with Gasteiger partial charge in [0.2, 0.25) is 0 Å². The summed E-state index contributed by atoms with van der Waals surface area (Å²) in [4.78, 5) is 9.04. The predicted octanol–water partition coefficient (Wildman–Crippen LogP) is 3.52. The van der Waals surface area contributed by atoms with Crippen LogP contribution in [0, 0.1) is 0 Å². The van der Waals surface area contributed by atoms with Crippen molar-refractivity contribution in [3.63, 3.8) is 0 Å². The fourth-order valence-corrected chi connectivity index (χ4v) is 2.31. The Kier molecular flexibility index (Phi) is 3.53. The van der Waals surface area contributed by atoms with Crippen molar-refractivity contribution >= 4 is 40.8 Å². The number of aromatic nitrogens is 2. The molecule has 2 aromatic heterocycles. The summed E-state index contributed by atoms with van der Waals surface area (Å²) in [6, 6.07) is 5.33. The van der Waals surface area contributed by atoms with Gasteiger partial charge in [0.25, 0.3) is 0 Å². The molecule has 0 aromatic carbocycles. The van der Waals surface area contributed by atoms with Crippen molar-refractivity contribution in [3.05, 3.63) is 40.6 Å². The molecule has 2 heterocycles. The van der Waals surface area contributed by atoms with E-state index in [1.807, 2.05) is 12.1 Å². The third-order valence-corrected chi connectivity index (χ3v) is 3.50. The van der Waals surface area contributed by atoms with Crippen molar-refractivity contribution in [3.8, 4) is 0 Å². The fraction of sp³-hybridized carbons (Fsp3) is 0. The van der Waals surface area contributed by atoms with Gasteiger partial charge >= 0.3 is 0 Å². The van der Waals surface area contributed by atoms with Crippen LogP contribution in [0.1, 0.15) is 0 Å². The van der Waals surface area contributed by atoms with E-state index in [1.54, 1.807) is 18.5 Å². The molecule has 0 fully saturated rings. The maximum Gasteiger partial charge on any atom is 0.143 e. The van der Waals surface area contributed by atoms with Crippen LogP contribution < -0.4 is 5.73 Å². The lowest BCUT2D eigenvalue weighted by molar-refractivity contribution is 1.14. The second-order valence-electron chi connectivity index (χ2n) is 2.93. The first-order valence-corrected chi connectivity index (χ1v) is 5.93. The van der Waals surface area contributed by atoms with E-state index in [0.717, 1.165) is 4.90 Å². The van der Waals surface area contributed by atoms with Gasteiger partial charge in [0.1, 0.15) is 10.8 Å². The molecular weight excluding hydrogens is 265 g/mol. The smallest absolute Gasteiger partial charge is 0.143 e. The third kappa shape index (κ3) is 2.58. The van der Waals surface area contributed by atoms with Gasteiger partial charge in [0.05, 0.1) is 10.0 Å². The molecular formula is C10H7Cl2N3S. The number of nitrogens with zero attached hydrogens (tertiary/aromatic N) is 2. The number of anilines is 1. The molecule has 2 aromatic rings. The highest BCUT2D eigenvalue weighted by Gasteiger charge is 2.08. The van der Waals surface area contributed by atoms with Crippen LogP contribution in [0.15, 0.2) is 40.5 Å². The molecule has 0 saturated heterocycles. The van der Waals surface area contributed by atoms with Crippen LogP contribution in [0.3, 0.4) is 0 Å². The second kappa shape index (κ2) is 4.91. The van der Waals surface area contributed by atoms with Crippen molar-refractivity contribution in [1.82, 2.24) is 9.97 Å². The lowest BCUT2D eigenvalue weighted by atomic mass is 10.5. The van der Waals surface area contributed by atoms with Gasteiger partial charge in [0, 0.05) is 17.3 Å². The normalized spacial score (nSPS) is 10.4. The summed E-state index contributed by atoms with van der Waals surface area (Å²) in [7, 11) is 0. The van der Waals surface area contributed by atoms with Crippen molar-refractivity contribution in [1.29, 1.82) is 0 Å². The number of nitrogens with two attached hydrogens (primary N) is 1. The molecule has 0 bridgehead atoms. The van der Waals surface area contributed by atoms with Gasteiger partial charge in [-0.2, -0.15) is 0 Å². The van der Waals surface area contributed by atoms with E-state index in [2.05, 4.69) is 9.97 Å². The Morgan fingerprint density at radius 3 is 2.50 bits per heavy atom. The molecule has 82 valence electrons. The zero-order chi connectivity index (χ0) is 11.5. The molecule has 2 rings (SSSR count). The van der Waals surface area contributed by atoms with Crippen LogP contribution >= 0.6 is 35.0 Å². The van der Waals surface area contributed by atoms with E-state index < -0.39 is 0 Å². The van der Waals surface area contributed by atoms with Crippen molar-refractivity contribution in [2.24, 2.45) is 0 Å². The SMILES string of the molecule is Nc1nc(Sc2ccncc2)c(Cl)cc1Cl. The Morgan fingerprint density at radius 2 is 1.81 bits per heavy atom. The molecule has 0 aliphatic rings. The lowest BCUT2D eigenvalue weighted by Crippen LogP contribution is -1.93. The molecule has 16 heavy (non-hydrogen) atoms. The van der Waals surface area contributed by atoms with Crippen LogP contribution in [0.5, 0.6) is 0 Å². The first kappa shape index (κ1) is 11.5. The Balaban J connectivity index is 2.32. The van der Waals surface area contributed by atoms with Crippen LogP contribution in [-0.2, 0) is 0 Å². The Labute approximate surface area is 107 Å². The van der Waals surface area contributed by atoms with E-state index in [0.29, 0.717) is 15.1 Å². The van der Waals surface area contributed by atoms with Crippen molar-refractivity contribution in [2.75, 3.05) is 5.73 Å². The van der Waals surface area contributed by atoms with Gasteiger partial charge in [-0.3, -0.25) is 4.98 Å². The molecule has 0 saturated carbocycles. The van der Waals surface area contributed by atoms with E-state index in [4.69, 9.17) is 28.9 Å². The van der Waals surface area contributed by atoms with Crippen molar-refractivity contribution < 1.29 is 0 Å². The summed E-state index contributed by atoms with van der Waals surface area (Å²) >= 11 is 13.2. The highest BCUT2D eigenvalue weighted by molar-refractivity contribution is 7.99. The highest BCUT2D eigenvalue weighted by Crippen LogP contribution is 2.34. The van der Waals surface area contributed by atoms with Crippen LogP contribution in [-0.4, -0.2) is 9.97 Å². The topological polar surface area (TPSA) is 51.8 Å². The maximum absolute atomic E-state index is 6.01. The minimum atomic E-state index is 0.280. The first-order valence-electron chi connectivity index (χ1n) is 4.36. The molecule has 2 N–H and O–H groups in total. The standard InChI is InChI=1S/C10H7Cl2N3S/c11-7-5-8(12)10(15-9(7)13)16-6-1-3-14-4-2-6/h1-5H,(H2,13,15). The number of pyridine rings is 2. The van der Waals surface area contributed by atoms with Gasteiger partial charge < -0.3 is 5.73 Å². The molecule has 0 amide bonds. The number of halogens is 2. The van der Waals surface area contributed by atoms with E-state index >= 15 is 0 Å². The van der Waals surface area contributed by atoms with Gasteiger partial charge in [0.15, 0.2) is 0 Å². The summed E-state index contributed by atoms with van der Waals surface area (Å²) < 4.78 is 0. The van der Waals surface area contributed by atoms with Crippen LogP contribution in [0.2, 0.25) is 10.0 Å². The van der Waals surface area contributed by atoms with Gasteiger partial charge in [-0.25, -0.2) is 4.98 Å². The maximum atomic E-state index is 6.01. The molecule has 0 spiro atoms. The quantitative estimate of drug-likeness (QED) is 0.908. The molecule has 0 atom stereocenters. The summed E-state index contributed by atoms with van der Waals surface area (Å²) in [5.74, 6) is 0.280. The highest BCUT2D eigenvalue weighted by atomic mass is 35.5. The monoisotopic (exact) mass is 271 g/mol. The lowest BCUT2D eigenvalue weighted by Gasteiger charge is -2.05. The predicted molar refractivity (Wildman–Crippen MR) is 67.0 cm³/mol. The fourth-order valence-electron chi connectivity index (χ4n) is 1.05. The third-order valence-electron chi connectivity index (χ3n) is 1.79. The van der Waals surface area contributed by atoms with Crippen LogP contribution in [0.4, 0.5) is 5.82 Å². The molecule has 6 heteroatoms. The minimum absolute atomic E-state index is 0.280. The Hall–Kier alpha value is -0.970. The molecule has 0 unspecified atom stereocenters. The van der Waals surface area contributed by atoms with E-state index in [1.165, 1.54) is 11.8 Å². The van der Waals surface area contributed by atoms with E-state index in [-0.39, 0.29) is 5.82 Å². The molecule has 0 radical (unpaired) electrons. The van der Waals surface area contributed by atoms with Crippen molar-refractivity contribution in [2.45, 2.75) is 9.92 Å². The summed E-state index contributed by atoms with van der Waals surface area (Å²) in [5, 5.41) is 1.49. The number of rotatable bonds is 2. The number of hydrogen-bond donors (Lipinski definition) is 1. The Bertz CT molecular complexity index is 505. The zero-order valence-electron chi connectivity index (χ0n) is 8.02. The average molecular weight is 272 g/mol. The molecule has 3 nitrogen and oxygen atoms in total. The Morgan fingerprint density at radius 1 is 1.12 bits per heavy atom. The zero-order valence-corrected chi connectivity index (χ0v) is 10.4. The number of nitrogen functional groups attached to an aromatic ring is 1. The number of hydrogen-bond acceptors (Lipinski definition) is 4. The van der Waals surface area contributed by atoms with Gasteiger partial charge in [-0.15, -0.1) is 0 Å². The van der Waals surface area contributed by atoms with E-state index in [9.17, 15) is 0 Å². The molecule has 0 aliphatic heterocycles.